The molecule has 7 aliphatic carbocycles. The van der Waals surface area contributed by atoms with Crippen LogP contribution in [-0.4, -0.2) is 137 Å². The molecule has 126 heavy (non-hydrogen) atoms. The smallest absolute Gasteiger partial charge is 0.407 e. The number of rotatable bonds is 19. The molecular weight excluding hydrogens is 1620 g/mol. The van der Waals surface area contributed by atoms with Gasteiger partial charge in [0.2, 0.25) is 17.7 Å². The van der Waals surface area contributed by atoms with Crippen LogP contribution in [0.4, 0.5) is 28.1 Å². The van der Waals surface area contributed by atoms with E-state index >= 15 is 0 Å². The van der Waals surface area contributed by atoms with Crippen LogP contribution in [0.5, 0.6) is 0 Å². The van der Waals surface area contributed by atoms with Gasteiger partial charge in [0.15, 0.2) is 46.0 Å². The van der Waals surface area contributed by atoms with Crippen LogP contribution in [0.15, 0.2) is 206 Å². The third-order valence-corrected chi connectivity index (χ3v) is 25.0. The summed E-state index contributed by atoms with van der Waals surface area (Å²) in [6.07, 6.45) is 28.9. The van der Waals surface area contributed by atoms with Crippen molar-refractivity contribution >= 4 is 86.6 Å². The summed E-state index contributed by atoms with van der Waals surface area (Å²) in [5.74, 6) is -2.84. The molecule has 4 aromatic heterocycles. The van der Waals surface area contributed by atoms with Crippen LogP contribution in [0.1, 0.15) is 213 Å². The number of hydrogen-bond donors (Lipinski definition) is 8. The molecule has 652 valence electrons. The van der Waals surface area contributed by atoms with Gasteiger partial charge in [-0.1, -0.05) is 171 Å². The molecule has 0 saturated heterocycles. The van der Waals surface area contributed by atoms with Crippen molar-refractivity contribution in [2.24, 2.45) is 17.8 Å². The Labute approximate surface area is 732 Å². The van der Waals surface area contributed by atoms with Crippen LogP contribution in [0.25, 0.3) is 0 Å². The van der Waals surface area contributed by atoms with E-state index in [0.717, 1.165) is 121 Å². The first-order valence-electron chi connectivity index (χ1n) is 43.3. The van der Waals surface area contributed by atoms with E-state index in [0.29, 0.717) is 31.2 Å². The number of fused-ring (bicyclic) bond motifs is 4. The second-order valence-electron chi connectivity index (χ2n) is 34.0. The van der Waals surface area contributed by atoms with Crippen molar-refractivity contribution in [2.75, 3.05) is 20.3 Å². The largest absolute Gasteiger partial charge is 0.444 e. The van der Waals surface area contributed by atoms with Crippen molar-refractivity contribution in [3.8, 4) is 0 Å². The molecule has 10 aromatic rings. The highest BCUT2D eigenvalue weighted by Crippen LogP contribution is 2.35. The maximum absolute atomic E-state index is 13.8. The normalized spacial score (nSPS) is 16.8. The molecule has 6 aromatic carbocycles. The monoisotopic (exact) mass is 1720 g/mol. The zero-order chi connectivity index (χ0) is 88.3. The summed E-state index contributed by atoms with van der Waals surface area (Å²) in [4.78, 5) is 152. The third kappa shape index (κ3) is 23.3. The lowest BCUT2D eigenvalue weighted by atomic mass is 9.85. The number of anilines is 4. The Hall–Kier alpha value is -13.4. The first-order chi connectivity index (χ1) is 60.9. The predicted octanol–water partition coefficient (Wildman–Crippen LogP) is 12.9. The Bertz CT molecular complexity index is 5590. The topological polar surface area (TPSA) is 400 Å². The SMILES string of the molecule is CC(C)(C)OC(=O)NC1CCC(C(=O)Nc2nccnc2C(=O)NC2Cc3ccccc3C2)CC1.Cc1ccc(S(=O)(=O)Nc2nccnc2C(=O)NC2Cc3ccccc3C2)cc1.O=C(NC1Cc2ccccc2C1)c1nccnc1N(C(=O)C1CCCCC1)C(=O)C1CCCCC1.O=C(Nc1nccnc1C(=O)NC1Cc2ccccc2C1)c1ccccc1. The van der Waals surface area contributed by atoms with Gasteiger partial charge in [-0.15, -0.1) is 0 Å². The third-order valence-electron chi connectivity index (χ3n) is 23.6. The minimum atomic E-state index is -3.89. The van der Waals surface area contributed by atoms with Gasteiger partial charge in [0.25, 0.3) is 39.6 Å². The van der Waals surface area contributed by atoms with Gasteiger partial charge in [0, 0.05) is 103 Å². The average Bonchev–Trinajstić information content (AvgIpc) is 1.02. The first-order valence-corrected chi connectivity index (χ1v) is 44.8. The maximum atomic E-state index is 13.8. The molecule has 0 unspecified atom stereocenters. The highest BCUT2D eigenvalue weighted by atomic mass is 32.2. The van der Waals surface area contributed by atoms with Gasteiger partial charge in [-0.05, 0) is 199 Å². The Morgan fingerprint density at radius 2 is 0.690 bits per heavy atom. The van der Waals surface area contributed by atoms with Gasteiger partial charge in [0.05, 0.1) is 4.90 Å². The molecule has 29 nitrogen and oxygen atoms in total. The quantitative estimate of drug-likeness (QED) is 0.0349. The van der Waals surface area contributed by atoms with Crippen molar-refractivity contribution in [2.45, 2.75) is 210 Å². The van der Waals surface area contributed by atoms with E-state index in [1.165, 1.54) is 111 Å². The molecule has 0 radical (unpaired) electrons. The molecule has 0 spiro atoms. The second kappa shape index (κ2) is 41.4. The molecule has 9 amide bonds. The Balaban J connectivity index is 0.000000137. The summed E-state index contributed by atoms with van der Waals surface area (Å²) in [5, 5.41) is 20.4. The standard InChI is InChI=1S/C28H34N4O3.C26H33N5O4.C21H20N4O3S.C21H18N4O2/c33-26(31-23-17-21-13-7-8-14-22(21)18-23)24-25(30-16-15-29-24)32(27(34)19-9-3-1-4-10-19)28(35)20-11-5-2-6-12-20;1-26(2,3)35-25(34)30-19-10-8-16(9-11-19)23(32)31-22-21(27-12-13-28-22)24(33)29-20-14-17-6-4-5-7-18(17)15-20;1-14-6-8-18(9-7-14)29(27,28)25-20-19(22-10-11-23-20)21(26)24-17-12-15-4-2-3-5-16(15)13-17;26-20(14-6-2-1-3-7-14)25-19-18(22-10-11-23-19)21(27)24-17-12-15-8-4-5-9-16(15)13-17/h7-8,13-16,19-20,23H,1-6,9-12,17-18H2,(H,31,33);4-7,12-13,16,19-20H,8-11,14-15H2,1-3H3,(H,29,33)(H,30,34)(H,28,31,32);2-11,17H,12-13H2,1H3,(H,23,25)(H,24,26);1-11,17H,12-13H2,(H,24,27)(H,23,25,26). The molecule has 0 bridgehead atoms. The number of carbonyl (C=O) groups is 9. The molecule has 0 atom stereocenters. The summed E-state index contributed by atoms with van der Waals surface area (Å²) < 4.78 is 33.0. The lowest BCUT2D eigenvalue weighted by molar-refractivity contribution is -0.132. The lowest BCUT2D eigenvalue weighted by Gasteiger charge is -2.31. The number of nitrogens with one attached hydrogen (secondary N) is 8. The van der Waals surface area contributed by atoms with Crippen LogP contribution in [-0.2, 0) is 80.5 Å². The highest BCUT2D eigenvalue weighted by molar-refractivity contribution is 7.92. The minimum absolute atomic E-state index is 0.00887. The summed E-state index contributed by atoms with van der Waals surface area (Å²) in [5.41, 5.74) is 11.0. The number of hydrogen-bond acceptors (Lipinski definition) is 20. The molecule has 8 N–H and O–H groups in total. The van der Waals surface area contributed by atoms with Crippen molar-refractivity contribution < 1.29 is 56.3 Å². The van der Waals surface area contributed by atoms with E-state index < -0.39 is 27.6 Å². The number of aromatic nitrogens is 8. The minimum Gasteiger partial charge on any atom is -0.444 e. The van der Waals surface area contributed by atoms with Gasteiger partial charge in [-0.2, -0.15) is 0 Å². The van der Waals surface area contributed by atoms with E-state index in [-0.39, 0.29) is 140 Å². The molecule has 30 heteroatoms. The van der Waals surface area contributed by atoms with Crippen LogP contribution in [0, 0.1) is 24.7 Å². The Morgan fingerprint density at radius 1 is 0.349 bits per heavy atom. The maximum Gasteiger partial charge on any atom is 0.407 e. The highest BCUT2D eigenvalue weighted by Gasteiger charge is 2.40. The van der Waals surface area contributed by atoms with Gasteiger partial charge >= 0.3 is 6.09 Å². The zero-order valence-corrected chi connectivity index (χ0v) is 71.9. The van der Waals surface area contributed by atoms with Crippen LogP contribution >= 0.6 is 0 Å². The van der Waals surface area contributed by atoms with E-state index in [4.69, 9.17) is 4.74 Å². The van der Waals surface area contributed by atoms with Gasteiger partial charge in [-0.3, -0.25) is 43.1 Å². The zero-order valence-electron chi connectivity index (χ0n) is 71.1. The number of carbonyl (C=O) groups excluding carboxylic acids is 9. The molecule has 4 heterocycles. The van der Waals surface area contributed by atoms with Crippen molar-refractivity contribution in [3.05, 3.63) is 280 Å². The number of alkyl carbamates (subject to hydrolysis) is 1. The number of amides is 9. The Morgan fingerprint density at radius 3 is 1.09 bits per heavy atom. The first kappa shape index (κ1) is 88.9. The van der Waals surface area contributed by atoms with Crippen molar-refractivity contribution in [1.29, 1.82) is 0 Å². The number of nitrogens with zero attached hydrogens (tertiary/aromatic N) is 9. The van der Waals surface area contributed by atoms with E-state index in [1.54, 1.807) is 36.4 Å². The fourth-order valence-electron chi connectivity index (χ4n) is 17.3. The Kier molecular flexibility index (Phi) is 29.2. The molecule has 17 rings (SSSR count). The summed E-state index contributed by atoms with van der Waals surface area (Å²) in [6.45, 7) is 7.33. The number of imide groups is 1. The van der Waals surface area contributed by atoms with Gasteiger partial charge in [0.1, 0.15) is 5.60 Å². The number of benzene rings is 6. The van der Waals surface area contributed by atoms with Crippen molar-refractivity contribution in [3.63, 3.8) is 0 Å². The summed E-state index contributed by atoms with van der Waals surface area (Å²) in [6, 6.07) is 47.6. The van der Waals surface area contributed by atoms with Crippen LogP contribution < -0.4 is 46.8 Å². The molecular formula is C96H105N17O12S. The van der Waals surface area contributed by atoms with Crippen molar-refractivity contribution in [1.82, 2.24) is 66.5 Å². The number of sulfonamides is 1. The summed E-state index contributed by atoms with van der Waals surface area (Å²) >= 11 is 0. The fraction of sp³-hybridized carbons (Fsp3) is 0.365. The molecule has 3 saturated carbocycles. The summed E-state index contributed by atoms with van der Waals surface area (Å²) in [7, 11) is -3.89. The van der Waals surface area contributed by atoms with E-state index in [1.807, 2.05) is 94.4 Å². The lowest BCUT2D eigenvalue weighted by Crippen LogP contribution is -2.47. The molecule has 3 fully saturated rings. The molecule has 0 aliphatic heterocycles. The predicted molar refractivity (Wildman–Crippen MR) is 474 cm³/mol. The second-order valence-corrected chi connectivity index (χ2v) is 35.7. The van der Waals surface area contributed by atoms with E-state index in [9.17, 15) is 51.6 Å². The van der Waals surface area contributed by atoms with Crippen LogP contribution in [0.2, 0.25) is 0 Å². The molecule has 7 aliphatic rings. The van der Waals surface area contributed by atoms with E-state index in [2.05, 4.69) is 118 Å². The fourth-order valence-corrected chi connectivity index (χ4v) is 18.3. The number of ether oxygens (including phenoxy) is 1. The van der Waals surface area contributed by atoms with Gasteiger partial charge in [-0.25, -0.2) is 58.0 Å². The number of aryl methyl sites for hydroxylation is 1. The van der Waals surface area contributed by atoms with Gasteiger partial charge < -0.3 is 42.0 Å². The van der Waals surface area contributed by atoms with Crippen LogP contribution in [0.3, 0.4) is 0 Å². The average molecular weight is 1720 g/mol.